The van der Waals surface area contributed by atoms with Gasteiger partial charge in [0, 0.05) is 5.69 Å². The first-order valence-electron chi connectivity index (χ1n) is 8.06. The second-order valence-electron chi connectivity index (χ2n) is 6.33. The lowest BCUT2D eigenvalue weighted by molar-refractivity contribution is 0.569. The molecule has 3 rings (SSSR count). The van der Waals surface area contributed by atoms with Crippen molar-refractivity contribution in [1.82, 2.24) is 0 Å². The van der Waals surface area contributed by atoms with Crippen LogP contribution in [-0.2, 0) is 0 Å². The molecule has 0 radical (unpaired) electrons. The van der Waals surface area contributed by atoms with Gasteiger partial charge in [-0.3, -0.25) is 4.90 Å². The van der Waals surface area contributed by atoms with Crippen molar-refractivity contribution in [3.63, 3.8) is 0 Å². The molecule has 0 N–H and O–H groups in total. The van der Waals surface area contributed by atoms with Crippen molar-refractivity contribution >= 4 is 17.1 Å². The average Bonchev–Trinajstić information content (AvgIpc) is 2.52. The standard InChI is InChI=1S/C21H17F4N/c1-12-4-6-15(7-5-12)26(20-16(22)8-13(2)9-17(20)23)21-18(24)10-14(3)11-19(21)25/h4-11H,1-3H3. The van der Waals surface area contributed by atoms with Gasteiger partial charge in [0.25, 0.3) is 0 Å². The van der Waals surface area contributed by atoms with E-state index in [1.807, 2.05) is 6.92 Å². The van der Waals surface area contributed by atoms with Gasteiger partial charge in [-0.1, -0.05) is 17.7 Å². The summed E-state index contributed by atoms with van der Waals surface area (Å²) in [4.78, 5) is 0.938. The number of benzene rings is 3. The summed E-state index contributed by atoms with van der Waals surface area (Å²) < 4.78 is 58.5. The fourth-order valence-corrected chi connectivity index (χ4v) is 2.88. The smallest absolute Gasteiger partial charge is 0.150 e. The van der Waals surface area contributed by atoms with Crippen LogP contribution in [0.1, 0.15) is 16.7 Å². The van der Waals surface area contributed by atoms with Gasteiger partial charge < -0.3 is 0 Å². The van der Waals surface area contributed by atoms with E-state index >= 15 is 0 Å². The molecule has 0 unspecified atom stereocenters. The van der Waals surface area contributed by atoms with Gasteiger partial charge in [0.05, 0.1) is 0 Å². The van der Waals surface area contributed by atoms with E-state index in [9.17, 15) is 17.6 Å². The van der Waals surface area contributed by atoms with Crippen molar-refractivity contribution in [2.75, 3.05) is 4.90 Å². The molecule has 0 aliphatic rings. The van der Waals surface area contributed by atoms with Crippen molar-refractivity contribution in [3.8, 4) is 0 Å². The van der Waals surface area contributed by atoms with Crippen molar-refractivity contribution in [3.05, 3.63) is 88.5 Å². The Hall–Kier alpha value is -2.82. The Labute approximate surface area is 149 Å². The minimum atomic E-state index is -0.901. The summed E-state index contributed by atoms with van der Waals surface area (Å²) in [6.45, 7) is 4.92. The number of anilines is 3. The second kappa shape index (κ2) is 6.83. The van der Waals surface area contributed by atoms with Crippen LogP contribution >= 0.6 is 0 Å². The van der Waals surface area contributed by atoms with E-state index in [4.69, 9.17) is 0 Å². The molecule has 0 bridgehead atoms. The van der Waals surface area contributed by atoms with Crippen LogP contribution in [0, 0.1) is 44.0 Å². The van der Waals surface area contributed by atoms with Crippen molar-refractivity contribution < 1.29 is 17.6 Å². The van der Waals surface area contributed by atoms with Gasteiger partial charge in [-0.25, -0.2) is 17.6 Å². The van der Waals surface area contributed by atoms with Crippen LogP contribution < -0.4 is 4.90 Å². The van der Waals surface area contributed by atoms with E-state index in [1.165, 1.54) is 0 Å². The predicted octanol–water partition coefficient (Wildman–Crippen LogP) is 6.64. The average molecular weight is 359 g/mol. The van der Waals surface area contributed by atoms with Gasteiger partial charge in [-0.2, -0.15) is 0 Å². The van der Waals surface area contributed by atoms with E-state index < -0.39 is 34.6 Å². The van der Waals surface area contributed by atoms with Gasteiger partial charge in [0.15, 0.2) is 0 Å². The van der Waals surface area contributed by atoms with Gasteiger partial charge in [-0.05, 0) is 68.3 Å². The quantitative estimate of drug-likeness (QED) is 0.474. The van der Waals surface area contributed by atoms with Crippen molar-refractivity contribution in [2.24, 2.45) is 0 Å². The highest BCUT2D eigenvalue weighted by Gasteiger charge is 2.26. The third kappa shape index (κ3) is 3.29. The lowest BCUT2D eigenvalue weighted by Crippen LogP contribution is -2.17. The monoisotopic (exact) mass is 359 g/mol. The highest BCUT2D eigenvalue weighted by molar-refractivity contribution is 5.78. The molecule has 1 nitrogen and oxygen atoms in total. The summed E-state index contributed by atoms with van der Waals surface area (Å²) in [5.41, 5.74) is 0.847. The molecule has 26 heavy (non-hydrogen) atoms. The molecular formula is C21H17F4N. The third-order valence-corrected chi connectivity index (χ3v) is 4.06. The molecule has 3 aromatic rings. The molecule has 0 fully saturated rings. The Bertz CT molecular complexity index is 861. The van der Waals surface area contributed by atoms with Gasteiger partial charge in [-0.15, -0.1) is 0 Å². The number of rotatable bonds is 3. The van der Waals surface area contributed by atoms with Gasteiger partial charge in [0.1, 0.15) is 34.6 Å². The van der Waals surface area contributed by atoms with Gasteiger partial charge in [0.2, 0.25) is 0 Å². The molecule has 0 spiro atoms. The fourth-order valence-electron chi connectivity index (χ4n) is 2.88. The molecule has 0 saturated carbocycles. The Morgan fingerprint density at radius 2 is 0.885 bits per heavy atom. The van der Waals surface area contributed by atoms with E-state index in [2.05, 4.69) is 0 Å². The zero-order valence-electron chi connectivity index (χ0n) is 14.6. The zero-order valence-corrected chi connectivity index (χ0v) is 14.6. The second-order valence-corrected chi connectivity index (χ2v) is 6.33. The predicted molar refractivity (Wildman–Crippen MR) is 95.2 cm³/mol. The molecule has 0 aliphatic carbocycles. The Morgan fingerprint density at radius 3 is 1.23 bits per heavy atom. The third-order valence-electron chi connectivity index (χ3n) is 4.06. The van der Waals surface area contributed by atoms with Gasteiger partial charge >= 0.3 is 0 Å². The molecule has 0 amide bonds. The van der Waals surface area contributed by atoms with Crippen LogP contribution in [0.5, 0.6) is 0 Å². The number of nitrogens with zero attached hydrogens (tertiary/aromatic N) is 1. The summed E-state index contributed by atoms with van der Waals surface area (Å²) in [7, 11) is 0. The molecule has 0 aromatic heterocycles. The number of hydrogen-bond donors (Lipinski definition) is 0. The van der Waals surface area contributed by atoms with E-state index in [-0.39, 0.29) is 5.69 Å². The molecule has 3 aromatic carbocycles. The molecule has 0 atom stereocenters. The minimum absolute atomic E-state index is 0.249. The Morgan fingerprint density at radius 1 is 0.538 bits per heavy atom. The van der Waals surface area contributed by atoms with Crippen LogP contribution in [-0.4, -0.2) is 0 Å². The molecular weight excluding hydrogens is 342 g/mol. The lowest BCUT2D eigenvalue weighted by atomic mass is 10.1. The zero-order chi connectivity index (χ0) is 19.0. The minimum Gasteiger partial charge on any atom is -0.300 e. The van der Waals surface area contributed by atoms with Crippen LogP contribution in [0.25, 0.3) is 0 Å². The van der Waals surface area contributed by atoms with Crippen LogP contribution in [0.3, 0.4) is 0 Å². The largest absolute Gasteiger partial charge is 0.300 e. The molecule has 134 valence electrons. The number of hydrogen-bond acceptors (Lipinski definition) is 1. The first-order chi connectivity index (χ1) is 12.3. The fraction of sp³-hybridized carbons (Fsp3) is 0.143. The maximum atomic E-state index is 14.6. The van der Waals surface area contributed by atoms with Crippen molar-refractivity contribution in [2.45, 2.75) is 20.8 Å². The maximum absolute atomic E-state index is 14.6. The highest BCUT2D eigenvalue weighted by Crippen LogP contribution is 2.41. The molecule has 0 saturated heterocycles. The molecule has 5 heteroatoms. The molecule has 0 heterocycles. The maximum Gasteiger partial charge on any atom is 0.150 e. The summed E-state index contributed by atoms with van der Waals surface area (Å²) in [6.07, 6.45) is 0. The lowest BCUT2D eigenvalue weighted by Gasteiger charge is -2.27. The van der Waals surface area contributed by atoms with Crippen molar-refractivity contribution in [1.29, 1.82) is 0 Å². The van der Waals surface area contributed by atoms with Crippen LogP contribution in [0.2, 0.25) is 0 Å². The number of aryl methyl sites for hydroxylation is 3. The first-order valence-corrected chi connectivity index (χ1v) is 8.06. The van der Waals surface area contributed by atoms with E-state index in [0.717, 1.165) is 34.7 Å². The summed E-state index contributed by atoms with van der Waals surface area (Å²) in [5, 5.41) is 0. The Kier molecular flexibility index (Phi) is 4.72. The summed E-state index contributed by atoms with van der Waals surface area (Å²) >= 11 is 0. The normalized spacial score (nSPS) is 10.9. The SMILES string of the molecule is Cc1ccc(N(c2c(F)cc(C)cc2F)c2c(F)cc(C)cc2F)cc1. The summed E-state index contributed by atoms with van der Waals surface area (Å²) in [6, 6.07) is 11.0. The first kappa shape index (κ1) is 18.0. The van der Waals surface area contributed by atoms with Crippen LogP contribution in [0.4, 0.5) is 34.6 Å². The van der Waals surface area contributed by atoms with Crippen LogP contribution in [0.15, 0.2) is 48.5 Å². The summed E-state index contributed by atoms with van der Waals surface area (Å²) in [5.74, 6) is -3.60. The topological polar surface area (TPSA) is 3.24 Å². The number of halogens is 4. The Balaban J connectivity index is 2.34. The van der Waals surface area contributed by atoms with E-state index in [0.29, 0.717) is 11.1 Å². The highest BCUT2D eigenvalue weighted by atomic mass is 19.1. The molecule has 0 aliphatic heterocycles. The van der Waals surface area contributed by atoms with E-state index in [1.54, 1.807) is 38.1 Å².